The quantitative estimate of drug-likeness (QED) is 0.737. The lowest BCUT2D eigenvalue weighted by Crippen LogP contribution is -2.68. The molecule has 114 valence electrons. The molecule has 0 unspecified atom stereocenters. The second-order valence-corrected chi connectivity index (χ2v) is 4.85. The van der Waals surface area contributed by atoms with Gasteiger partial charge in [-0.3, -0.25) is 0 Å². The van der Waals surface area contributed by atoms with Crippen LogP contribution in [0.25, 0.3) is 0 Å². The van der Waals surface area contributed by atoms with Crippen LogP contribution in [0.15, 0.2) is 48.5 Å². The first-order valence-electron chi connectivity index (χ1n) is 5.84. The van der Waals surface area contributed by atoms with Gasteiger partial charge in [-0.2, -0.15) is 0 Å². The van der Waals surface area contributed by atoms with Crippen LogP contribution in [0.5, 0.6) is 11.5 Å². The van der Waals surface area contributed by atoms with Gasteiger partial charge in [0.05, 0.1) is 6.61 Å². The summed E-state index contributed by atoms with van der Waals surface area (Å²) in [5, 5.41) is 8.91. The molecular formula is C14H14ClO6-. The summed E-state index contributed by atoms with van der Waals surface area (Å²) in [6.45, 7) is 2.09. The van der Waals surface area contributed by atoms with Crippen molar-refractivity contribution in [1.82, 2.24) is 0 Å². The summed E-state index contributed by atoms with van der Waals surface area (Å²) >= 11 is 0. The molecule has 2 aromatic rings. The van der Waals surface area contributed by atoms with Crippen LogP contribution in [0, 0.1) is 17.2 Å². The van der Waals surface area contributed by atoms with Crippen LogP contribution in [-0.2, 0) is 6.61 Å². The Morgan fingerprint density at radius 3 is 2.00 bits per heavy atom. The minimum atomic E-state index is -4.94. The van der Waals surface area contributed by atoms with E-state index in [2.05, 4.69) is 0 Å². The lowest BCUT2D eigenvalue weighted by molar-refractivity contribution is -2.00. The number of benzene rings is 2. The Balaban J connectivity index is 0.000000383. The lowest BCUT2D eigenvalue weighted by Gasteiger charge is -2.17. The average molecular weight is 314 g/mol. The lowest BCUT2D eigenvalue weighted by atomic mass is 10.2. The molecule has 0 heterocycles. The summed E-state index contributed by atoms with van der Waals surface area (Å²) < 4.78 is 39.6. The molecule has 21 heavy (non-hydrogen) atoms. The van der Waals surface area contributed by atoms with E-state index in [-0.39, 0.29) is 6.61 Å². The molecule has 0 bridgehead atoms. The van der Waals surface area contributed by atoms with Crippen molar-refractivity contribution in [3.05, 3.63) is 59.7 Å². The van der Waals surface area contributed by atoms with Gasteiger partial charge in [-0.15, -0.1) is 10.2 Å². The third kappa shape index (κ3) is 8.26. The molecule has 0 spiro atoms. The molecule has 2 rings (SSSR count). The molecule has 2 aromatic carbocycles. The Hall–Kier alpha value is -1.67. The standard InChI is InChI=1S/C14H14O2.ClHO4/c1-11-3-2-4-14(9-11)16-13-7-5-12(10-15)6-8-13;2-1(3,4)5/h2-9,15H,10H2,1H3;(H,2,3,4,5)/p-1. The van der Waals surface area contributed by atoms with Crippen LogP contribution in [0.1, 0.15) is 11.1 Å². The first-order chi connectivity index (χ1) is 9.78. The normalized spacial score (nSPS) is 10.6. The molecule has 0 aliphatic rings. The highest BCUT2D eigenvalue weighted by Crippen LogP contribution is 2.22. The third-order valence-electron chi connectivity index (χ3n) is 2.33. The molecule has 0 amide bonds. The van der Waals surface area contributed by atoms with Crippen molar-refractivity contribution in [3.63, 3.8) is 0 Å². The van der Waals surface area contributed by atoms with E-state index in [0.717, 1.165) is 17.1 Å². The Morgan fingerprint density at radius 1 is 0.952 bits per heavy atom. The van der Waals surface area contributed by atoms with E-state index in [4.69, 9.17) is 28.5 Å². The van der Waals surface area contributed by atoms with E-state index in [1.165, 1.54) is 5.56 Å². The number of aliphatic hydroxyl groups excluding tert-OH is 1. The number of hydrogen-bond acceptors (Lipinski definition) is 6. The topological polar surface area (TPSA) is 122 Å². The van der Waals surface area contributed by atoms with Gasteiger partial charge in [0.15, 0.2) is 0 Å². The minimum absolute atomic E-state index is 0.0602. The molecule has 0 fully saturated rings. The zero-order chi connectivity index (χ0) is 15.9. The number of halogens is 1. The Labute approximate surface area is 124 Å². The van der Waals surface area contributed by atoms with Gasteiger partial charge in [-0.05, 0) is 42.3 Å². The SMILES string of the molecule is Cc1cccc(Oc2ccc(CO)cc2)c1.[O-][Cl+3]([O-])([O-])[O-]. The van der Waals surface area contributed by atoms with Crippen LogP contribution < -0.4 is 23.4 Å². The molecule has 6 nitrogen and oxygen atoms in total. The predicted molar refractivity (Wildman–Crippen MR) is 63.6 cm³/mol. The fourth-order valence-corrected chi connectivity index (χ4v) is 1.48. The first kappa shape index (κ1) is 17.4. The number of rotatable bonds is 3. The fourth-order valence-electron chi connectivity index (χ4n) is 1.48. The Kier molecular flexibility index (Phi) is 6.57. The molecule has 0 aliphatic carbocycles. The molecule has 0 aliphatic heterocycles. The van der Waals surface area contributed by atoms with Gasteiger partial charge in [0.1, 0.15) is 11.5 Å². The number of ether oxygens (including phenoxy) is 1. The third-order valence-corrected chi connectivity index (χ3v) is 2.33. The van der Waals surface area contributed by atoms with Crippen molar-refractivity contribution < 1.29 is 38.7 Å². The van der Waals surface area contributed by atoms with Crippen LogP contribution in [0.2, 0.25) is 0 Å². The number of hydrogen-bond donors (Lipinski definition) is 1. The average Bonchev–Trinajstić information content (AvgIpc) is 2.38. The minimum Gasteiger partial charge on any atom is -0.457 e. The molecule has 0 saturated carbocycles. The first-order valence-corrected chi connectivity index (χ1v) is 7.07. The summed E-state index contributed by atoms with van der Waals surface area (Å²) in [7, 11) is -4.94. The second-order valence-electron chi connectivity index (χ2n) is 4.10. The van der Waals surface area contributed by atoms with Crippen molar-refractivity contribution >= 4 is 0 Å². The summed E-state index contributed by atoms with van der Waals surface area (Å²) in [4.78, 5) is 0. The number of aryl methyl sites for hydroxylation is 1. The van der Waals surface area contributed by atoms with Crippen molar-refractivity contribution in [2.75, 3.05) is 0 Å². The van der Waals surface area contributed by atoms with Crippen LogP contribution in [-0.4, -0.2) is 5.11 Å². The Morgan fingerprint density at radius 2 is 1.52 bits per heavy atom. The molecule has 0 saturated heterocycles. The van der Waals surface area contributed by atoms with E-state index >= 15 is 0 Å². The van der Waals surface area contributed by atoms with Crippen LogP contribution >= 0.6 is 0 Å². The zero-order valence-corrected chi connectivity index (χ0v) is 11.9. The molecule has 0 atom stereocenters. The van der Waals surface area contributed by atoms with Crippen LogP contribution in [0.3, 0.4) is 0 Å². The van der Waals surface area contributed by atoms with Crippen LogP contribution in [0.4, 0.5) is 0 Å². The molecule has 0 radical (unpaired) electrons. The van der Waals surface area contributed by atoms with E-state index in [1.807, 2.05) is 55.5 Å². The van der Waals surface area contributed by atoms with E-state index < -0.39 is 10.2 Å². The van der Waals surface area contributed by atoms with Gasteiger partial charge in [0.2, 0.25) is 0 Å². The summed E-state index contributed by atoms with van der Waals surface area (Å²) in [5.41, 5.74) is 2.06. The van der Waals surface area contributed by atoms with Crippen molar-refractivity contribution in [3.8, 4) is 11.5 Å². The zero-order valence-electron chi connectivity index (χ0n) is 11.2. The highest BCUT2D eigenvalue weighted by Gasteiger charge is 1.97. The largest absolute Gasteiger partial charge is 0.457 e. The maximum absolute atomic E-state index is 8.91. The van der Waals surface area contributed by atoms with Gasteiger partial charge >= 0.3 is 0 Å². The smallest absolute Gasteiger partial charge is 0.127 e. The predicted octanol–water partition coefficient (Wildman–Crippen LogP) is -1.48. The van der Waals surface area contributed by atoms with E-state index in [9.17, 15) is 0 Å². The molecule has 0 aromatic heterocycles. The second kappa shape index (κ2) is 7.94. The van der Waals surface area contributed by atoms with Gasteiger partial charge in [0.25, 0.3) is 0 Å². The summed E-state index contributed by atoms with van der Waals surface area (Å²) in [5.74, 6) is 1.61. The van der Waals surface area contributed by atoms with Gasteiger partial charge in [0, 0.05) is 0 Å². The summed E-state index contributed by atoms with van der Waals surface area (Å²) in [6, 6.07) is 15.3. The maximum atomic E-state index is 8.91. The van der Waals surface area contributed by atoms with E-state index in [0.29, 0.717) is 0 Å². The van der Waals surface area contributed by atoms with Gasteiger partial charge in [-0.25, -0.2) is 18.6 Å². The van der Waals surface area contributed by atoms with Gasteiger partial charge in [-0.1, -0.05) is 24.3 Å². The van der Waals surface area contributed by atoms with Crippen molar-refractivity contribution in [2.24, 2.45) is 0 Å². The number of aliphatic hydroxyl groups is 1. The van der Waals surface area contributed by atoms with Crippen molar-refractivity contribution in [2.45, 2.75) is 13.5 Å². The molecule has 7 heteroatoms. The highest BCUT2D eigenvalue weighted by molar-refractivity contribution is 5.34. The fraction of sp³-hybridized carbons (Fsp3) is 0.143. The van der Waals surface area contributed by atoms with E-state index in [1.54, 1.807) is 0 Å². The summed E-state index contributed by atoms with van der Waals surface area (Å²) in [6.07, 6.45) is 0. The molecular weight excluding hydrogens is 300 g/mol. The van der Waals surface area contributed by atoms with Crippen molar-refractivity contribution in [1.29, 1.82) is 0 Å². The molecule has 1 N–H and O–H groups in total. The Bertz CT molecular complexity index is 544. The highest BCUT2D eigenvalue weighted by atomic mass is 35.7. The maximum Gasteiger partial charge on any atom is 0.127 e. The monoisotopic (exact) mass is 313 g/mol. The van der Waals surface area contributed by atoms with Gasteiger partial charge < -0.3 is 9.84 Å².